The van der Waals surface area contributed by atoms with Gasteiger partial charge in [0, 0.05) is 28.4 Å². The van der Waals surface area contributed by atoms with Gasteiger partial charge in [0.25, 0.3) is 5.91 Å². The van der Waals surface area contributed by atoms with E-state index in [1.165, 1.54) is 5.56 Å². The molecule has 2 aromatic heterocycles. The van der Waals surface area contributed by atoms with Crippen molar-refractivity contribution in [3.8, 4) is 11.3 Å². The monoisotopic (exact) mass is 414 g/mol. The fourth-order valence-corrected chi connectivity index (χ4v) is 4.02. The van der Waals surface area contributed by atoms with Crippen LogP contribution in [0.5, 0.6) is 0 Å². The number of aromatic nitrogens is 2. The Morgan fingerprint density at radius 1 is 1.03 bits per heavy atom. The molecule has 4 aromatic rings. The lowest BCUT2D eigenvalue weighted by molar-refractivity contribution is 0.0947. The van der Waals surface area contributed by atoms with Crippen LogP contribution in [-0.4, -0.2) is 47.0 Å². The molecule has 0 saturated carbocycles. The zero-order valence-electron chi connectivity index (χ0n) is 18.5. The van der Waals surface area contributed by atoms with E-state index in [0.717, 1.165) is 59.1 Å². The zero-order chi connectivity index (χ0) is 21.8. The first-order valence-electron chi connectivity index (χ1n) is 11.1. The molecule has 0 aliphatic carbocycles. The van der Waals surface area contributed by atoms with Crippen LogP contribution in [0.15, 0.2) is 54.6 Å². The van der Waals surface area contributed by atoms with E-state index >= 15 is 0 Å². The number of amides is 1. The van der Waals surface area contributed by atoms with Gasteiger partial charge in [-0.05, 0) is 45.1 Å². The van der Waals surface area contributed by atoms with Gasteiger partial charge in [-0.15, -0.1) is 0 Å². The number of fused-ring (bicyclic) bond motifs is 3. The van der Waals surface area contributed by atoms with Crippen LogP contribution in [0.2, 0.25) is 0 Å². The molecule has 2 heterocycles. The third-order valence-corrected chi connectivity index (χ3v) is 5.89. The third kappa shape index (κ3) is 4.47. The Morgan fingerprint density at radius 3 is 2.52 bits per heavy atom. The van der Waals surface area contributed by atoms with Crippen molar-refractivity contribution in [2.45, 2.75) is 27.2 Å². The van der Waals surface area contributed by atoms with Gasteiger partial charge in [-0.1, -0.05) is 61.9 Å². The lowest BCUT2D eigenvalue weighted by atomic mass is 10.1. The maximum Gasteiger partial charge on any atom is 0.269 e. The molecule has 5 nitrogen and oxygen atoms in total. The van der Waals surface area contributed by atoms with Crippen molar-refractivity contribution in [1.29, 1.82) is 0 Å². The Labute approximate surface area is 183 Å². The number of para-hydroxylation sites is 1. The SMILES string of the molecule is CCN(CC)CCCNC(=O)c1cc2c([nH]c3ccccc32)c(-c2ccc(C)cc2)n1. The van der Waals surface area contributed by atoms with Crippen LogP contribution in [-0.2, 0) is 0 Å². The van der Waals surface area contributed by atoms with E-state index in [2.05, 4.69) is 72.4 Å². The van der Waals surface area contributed by atoms with Gasteiger partial charge in [-0.3, -0.25) is 4.79 Å². The summed E-state index contributed by atoms with van der Waals surface area (Å²) in [6.45, 7) is 10.1. The summed E-state index contributed by atoms with van der Waals surface area (Å²) in [5.74, 6) is -0.125. The highest BCUT2D eigenvalue weighted by Gasteiger charge is 2.17. The minimum Gasteiger partial charge on any atom is -0.353 e. The van der Waals surface area contributed by atoms with Crippen LogP contribution in [0.1, 0.15) is 36.3 Å². The third-order valence-electron chi connectivity index (χ3n) is 5.89. The second-order valence-corrected chi connectivity index (χ2v) is 7.95. The molecular formula is C26H30N4O. The summed E-state index contributed by atoms with van der Waals surface area (Å²) >= 11 is 0. The minimum atomic E-state index is -0.125. The second kappa shape index (κ2) is 9.31. The van der Waals surface area contributed by atoms with Gasteiger partial charge >= 0.3 is 0 Å². The molecule has 4 rings (SSSR count). The Morgan fingerprint density at radius 2 is 1.77 bits per heavy atom. The number of nitrogens with zero attached hydrogens (tertiary/aromatic N) is 2. The molecular weight excluding hydrogens is 384 g/mol. The molecule has 31 heavy (non-hydrogen) atoms. The van der Waals surface area contributed by atoms with E-state index in [9.17, 15) is 4.79 Å². The van der Waals surface area contributed by atoms with Gasteiger partial charge in [0.15, 0.2) is 0 Å². The van der Waals surface area contributed by atoms with Crippen LogP contribution in [0, 0.1) is 6.92 Å². The molecule has 0 bridgehead atoms. The lowest BCUT2D eigenvalue weighted by Crippen LogP contribution is -2.30. The number of benzene rings is 2. The number of carbonyl (C=O) groups excluding carboxylic acids is 1. The highest BCUT2D eigenvalue weighted by atomic mass is 16.1. The number of aryl methyl sites for hydroxylation is 1. The summed E-state index contributed by atoms with van der Waals surface area (Å²) in [7, 11) is 0. The average molecular weight is 415 g/mol. The van der Waals surface area contributed by atoms with Crippen LogP contribution < -0.4 is 5.32 Å². The molecule has 0 aliphatic heterocycles. The number of rotatable bonds is 8. The Bertz CT molecular complexity index is 1190. The lowest BCUT2D eigenvalue weighted by Gasteiger charge is -2.17. The Hall–Kier alpha value is -3.18. The molecule has 0 atom stereocenters. The molecule has 0 unspecified atom stereocenters. The number of H-pyrrole nitrogens is 1. The van der Waals surface area contributed by atoms with Crippen molar-refractivity contribution in [3.05, 3.63) is 65.9 Å². The predicted molar refractivity (Wildman–Crippen MR) is 129 cm³/mol. The summed E-state index contributed by atoms with van der Waals surface area (Å²) in [5, 5.41) is 5.18. The molecule has 160 valence electrons. The topological polar surface area (TPSA) is 61.0 Å². The minimum absolute atomic E-state index is 0.125. The van der Waals surface area contributed by atoms with Crippen LogP contribution in [0.3, 0.4) is 0 Å². The normalized spacial score (nSPS) is 11.5. The number of carbonyl (C=O) groups is 1. The van der Waals surface area contributed by atoms with E-state index in [0.29, 0.717) is 12.2 Å². The van der Waals surface area contributed by atoms with Crippen molar-refractivity contribution in [3.63, 3.8) is 0 Å². The van der Waals surface area contributed by atoms with Gasteiger partial charge < -0.3 is 15.2 Å². The van der Waals surface area contributed by atoms with E-state index in [-0.39, 0.29) is 5.91 Å². The molecule has 1 amide bonds. The first-order chi connectivity index (χ1) is 15.1. The smallest absolute Gasteiger partial charge is 0.269 e. The number of aromatic amines is 1. The number of hydrogen-bond acceptors (Lipinski definition) is 3. The highest BCUT2D eigenvalue weighted by Crippen LogP contribution is 2.32. The number of pyridine rings is 1. The first kappa shape index (κ1) is 21.1. The van der Waals surface area contributed by atoms with Crippen LogP contribution in [0.25, 0.3) is 33.1 Å². The Balaban J connectivity index is 1.68. The quantitative estimate of drug-likeness (QED) is 0.392. The number of hydrogen-bond donors (Lipinski definition) is 2. The summed E-state index contributed by atoms with van der Waals surface area (Å²) in [5.41, 5.74) is 5.46. The maximum atomic E-state index is 13.0. The zero-order valence-corrected chi connectivity index (χ0v) is 18.5. The van der Waals surface area contributed by atoms with E-state index < -0.39 is 0 Å². The molecule has 2 N–H and O–H groups in total. The molecule has 0 aliphatic rings. The summed E-state index contributed by atoms with van der Waals surface area (Å²) in [6, 6.07) is 18.4. The van der Waals surface area contributed by atoms with Crippen LogP contribution in [0.4, 0.5) is 0 Å². The largest absolute Gasteiger partial charge is 0.353 e. The van der Waals surface area contributed by atoms with Crippen molar-refractivity contribution in [2.75, 3.05) is 26.2 Å². The van der Waals surface area contributed by atoms with E-state index in [1.54, 1.807) is 0 Å². The standard InChI is InChI=1S/C26H30N4O/c1-4-30(5-2)16-8-15-27-26(31)23-17-21-20-9-6-7-10-22(20)28-25(21)24(29-23)19-13-11-18(3)12-14-19/h6-7,9-14,17,28H,4-5,8,15-16H2,1-3H3,(H,27,31). The van der Waals surface area contributed by atoms with Crippen molar-refractivity contribution in [2.24, 2.45) is 0 Å². The van der Waals surface area contributed by atoms with Gasteiger partial charge in [-0.25, -0.2) is 4.98 Å². The molecule has 2 aromatic carbocycles. The summed E-state index contributed by atoms with van der Waals surface area (Å²) in [4.78, 5) is 23.6. The second-order valence-electron chi connectivity index (χ2n) is 7.95. The van der Waals surface area contributed by atoms with Crippen molar-refractivity contribution >= 4 is 27.7 Å². The molecule has 0 fully saturated rings. The number of nitrogens with one attached hydrogen (secondary N) is 2. The Kier molecular flexibility index (Phi) is 6.33. The first-order valence-corrected chi connectivity index (χ1v) is 11.1. The van der Waals surface area contributed by atoms with Crippen molar-refractivity contribution in [1.82, 2.24) is 20.2 Å². The molecule has 0 spiro atoms. The van der Waals surface area contributed by atoms with Gasteiger partial charge in [0.05, 0.1) is 11.2 Å². The van der Waals surface area contributed by atoms with Crippen LogP contribution >= 0.6 is 0 Å². The molecule has 0 saturated heterocycles. The van der Waals surface area contributed by atoms with E-state index in [1.807, 2.05) is 18.2 Å². The fraction of sp³-hybridized carbons (Fsp3) is 0.308. The average Bonchev–Trinajstić information content (AvgIpc) is 3.18. The molecule has 0 radical (unpaired) electrons. The molecule has 5 heteroatoms. The maximum absolute atomic E-state index is 13.0. The van der Waals surface area contributed by atoms with Crippen molar-refractivity contribution < 1.29 is 4.79 Å². The highest BCUT2D eigenvalue weighted by molar-refractivity contribution is 6.13. The van der Waals surface area contributed by atoms with Gasteiger partial charge in [0.1, 0.15) is 5.69 Å². The van der Waals surface area contributed by atoms with Gasteiger partial charge in [-0.2, -0.15) is 0 Å². The van der Waals surface area contributed by atoms with E-state index in [4.69, 9.17) is 4.98 Å². The van der Waals surface area contributed by atoms with Gasteiger partial charge in [0.2, 0.25) is 0 Å². The fourth-order valence-electron chi connectivity index (χ4n) is 4.02. The summed E-state index contributed by atoms with van der Waals surface area (Å²) < 4.78 is 0. The summed E-state index contributed by atoms with van der Waals surface area (Å²) in [6.07, 6.45) is 0.924. The predicted octanol–water partition coefficient (Wildman–Crippen LogP) is 5.15.